The topological polar surface area (TPSA) is 92.4 Å². The van der Waals surface area contributed by atoms with Gasteiger partial charge in [0.1, 0.15) is 0 Å². The van der Waals surface area contributed by atoms with Gasteiger partial charge in [0.25, 0.3) is 0 Å². The number of nitrogens with one attached hydrogen (secondary N) is 1. The second-order valence-corrected chi connectivity index (χ2v) is 5.55. The molecule has 1 aliphatic heterocycles. The predicted octanol–water partition coefficient (Wildman–Crippen LogP) is 0.373. The van der Waals surface area contributed by atoms with E-state index in [0.717, 1.165) is 13.1 Å². The summed E-state index contributed by atoms with van der Waals surface area (Å²) in [5.74, 6) is 7.27. The summed E-state index contributed by atoms with van der Waals surface area (Å²) in [6.07, 6.45) is 4.94. The third-order valence-corrected chi connectivity index (χ3v) is 4.22. The Labute approximate surface area is 124 Å². The molecule has 2 heterocycles. The molecule has 1 aromatic rings. The van der Waals surface area contributed by atoms with Gasteiger partial charge >= 0.3 is 0 Å². The maximum Gasteiger partial charge on any atom is 0.243 e. The fraction of sp³-hybridized carbons (Fsp3) is 0.769. The van der Waals surface area contributed by atoms with Gasteiger partial charge < -0.3 is 14.5 Å². The van der Waals surface area contributed by atoms with Crippen molar-refractivity contribution in [3.8, 4) is 0 Å². The first-order valence-corrected chi connectivity index (χ1v) is 7.56. The number of morpholine rings is 1. The fourth-order valence-corrected chi connectivity index (χ4v) is 2.94. The highest BCUT2D eigenvalue weighted by Crippen LogP contribution is 2.26. The molecule has 3 N–H and O–H groups in total. The number of ether oxygens (including phenoxy) is 1. The molecule has 0 amide bonds. The number of nitrogen functional groups attached to an aromatic ring is 1. The van der Waals surface area contributed by atoms with Crippen LogP contribution in [0, 0.1) is 0 Å². The average molecular weight is 293 g/mol. The summed E-state index contributed by atoms with van der Waals surface area (Å²) < 4.78 is 5.37. The molecular weight excluding hydrogens is 270 g/mol. The Bertz CT molecular complexity index is 472. The molecule has 2 aliphatic rings. The summed E-state index contributed by atoms with van der Waals surface area (Å²) in [5, 5.41) is 0. The van der Waals surface area contributed by atoms with Crippen LogP contribution in [0.4, 0.5) is 17.8 Å². The van der Waals surface area contributed by atoms with Gasteiger partial charge in [-0.15, -0.1) is 0 Å². The Morgan fingerprint density at radius 1 is 1.19 bits per heavy atom. The zero-order valence-corrected chi connectivity index (χ0v) is 12.5. The molecule has 1 saturated heterocycles. The molecule has 21 heavy (non-hydrogen) atoms. The number of rotatable bonds is 4. The van der Waals surface area contributed by atoms with Gasteiger partial charge in [0.15, 0.2) is 0 Å². The van der Waals surface area contributed by atoms with Crippen molar-refractivity contribution in [1.82, 2.24) is 15.0 Å². The maximum absolute atomic E-state index is 5.51. The van der Waals surface area contributed by atoms with Crippen molar-refractivity contribution < 1.29 is 4.74 Å². The average Bonchev–Trinajstić information content (AvgIpc) is 3.09. The summed E-state index contributed by atoms with van der Waals surface area (Å²) >= 11 is 0. The Morgan fingerprint density at radius 2 is 1.90 bits per heavy atom. The van der Waals surface area contributed by atoms with Crippen LogP contribution >= 0.6 is 0 Å². The summed E-state index contributed by atoms with van der Waals surface area (Å²) in [6, 6.07) is 0.510. The van der Waals surface area contributed by atoms with E-state index in [0.29, 0.717) is 37.1 Å². The van der Waals surface area contributed by atoms with Crippen molar-refractivity contribution >= 4 is 17.8 Å². The van der Waals surface area contributed by atoms with Crippen LogP contribution in [0.15, 0.2) is 0 Å². The number of hydrogen-bond donors (Lipinski definition) is 2. The zero-order chi connectivity index (χ0) is 14.7. The molecular formula is C13H23N7O. The number of aromatic nitrogens is 3. The van der Waals surface area contributed by atoms with Gasteiger partial charge in [0.2, 0.25) is 17.8 Å². The van der Waals surface area contributed by atoms with Crippen molar-refractivity contribution in [2.24, 2.45) is 5.84 Å². The molecule has 1 aromatic heterocycles. The van der Waals surface area contributed by atoms with Crippen molar-refractivity contribution in [2.75, 3.05) is 48.6 Å². The zero-order valence-electron chi connectivity index (χ0n) is 12.5. The maximum atomic E-state index is 5.51. The first-order valence-electron chi connectivity index (χ1n) is 7.56. The predicted molar refractivity (Wildman–Crippen MR) is 81.3 cm³/mol. The number of hydrazine groups is 1. The molecule has 0 aromatic carbocycles. The third-order valence-electron chi connectivity index (χ3n) is 4.22. The molecule has 0 unspecified atom stereocenters. The van der Waals surface area contributed by atoms with Crippen LogP contribution in [0.2, 0.25) is 0 Å². The van der Waals surface area contributed by atoms with E-state index >= 15 is 0 Å². The smallest absolute Gasteiger partial charge is 0.243 e. The lowest BCUT2D eigenvalue weighted by atomic mass is 10.2. The van der Waals surface area contributed by atoms with Crippen LogP contribution in [0.25, 0.3) is 0 Å². The quantitative estimate of drug-likeness (QED) is 0.608. The van der Waals surface area contributed by atoms with E-state index in [1.807, 2.05) is 0 Å². The van der Waals surface area contributed by atoms with Crippen LogP contribution in [-0.4, -0.2) is 54.3 Å². The number of anilines is 3. The summed E-state index contributed by atoms with van der Waals surface area (Å²) in [7, 11) is 2.05. The van der Waals surface area contributed by atoms with Gasteiger partial charge in [0, 0.05) is 26.2 Å². The Morgan fingerprint density at radius 3 is 2.57 bits per heavy atom. The standard InChI is InChI=1S/C13H23N7O/c1-19(10-4-2-3-5-10)12-15-11(18-14)16-13(17-12)20-6-8-21-9-7-20/h10H,2-9,14H2,1H3,(H,15,16,17,18). The SMILES string of the molecule is CN(c1nc(NN)nc(N2CCOCC2)n1)C1CCCC1. The monoisotopic (exact) mass is 293 g/mol. The fourth-order valence-electron chi connectivity index (χ4n) is 2.94. The van der Waals surface area contributed by atoms with Gasteiger partial charge in [-0.25, -0.2) is 5.84 Å². The van der Waals surface area contributed by atoms with Gasteiger partial charge in [-0.2, -0.15) is 15.0 Å². The van der Waals surface area contributed by atoms with Crippen LogP contribution in [0.5, 0.6) is 0 Å². The Kier molecular flexibility index (Phi) is 4.35. The number of nitrogens with zero attached hydrogens (tertiary/aromatic N) is 5. The van der Waals surface area contributed by atoms with E-state index in [9.17, 15) is 0 Å². The highest BCUT2D eigenvalue weighted by atomic mass is 16.5. The summed E-state index contributed by atoms with van der Waals surface area (Å²) in [6.45, 7) is 2.98. The van der Waals surface area contributed by atoms with Gasteiger partial charge in [-0.3, -0.25) is 5.43 Å². The second kappa shape index (κ2) is 6.40. The van der Waals surface area contributed by atoms with E-state index in [1.54, 1.807) is 0 Å². The number of nitrogens with two attached hydrogens (primary N) is 1. The molecule has 0 radical (unpaired) electrons. The lowest BCUT2D eigenvalue weighted by molar-refractivity contribution is 0.122. The van der Waals surface area contributed by atoms with E-state index < -0.39 is 0 Å². The van der Waals surface area contributed by atoms with Crippen LogP contribution in [0.3, 0.4) is 0 Å². The minimum atomic E-state index is 0.409. The molecule has 0 atom stereocenters. The van der Waals surface area contributed by atoms with E-state index in [4.69, 9.17) is 10.6 Å². The molecule has 8 nitrogen and oxygen atoms in total. The highest BCUT2D eigenvalue weighted by molar-refractivity contribution is 5.45. The minimum absolute atomic E-state index is 0.409. The molecule has 0 spiro atoms. The first-order chi connectivity index (χ1) is 10.3. The molecule has 0 bridgehead atoms. The minimum Gasteiger partial charge on any atom is -0.378 e. The largest absolute Gasteiger partial charge is 0.378 e. The normalized spacial score (nSPS) is 19.8. The molecule has 3 rings (SSSR count). The molecule has 1 aliphatic carbocycles. The highest BCUT2D eigenvalue weighted by Gasteiger charge is 2.24. The van der Waals surface area contributed by atoms with Gasteiger partial charge in [0.05, 0.1) is 13.2 Å². The van der Waals surface area contributed by atoms with E-state index in [2.05, 4.69) is 37.2 Å². The van der Waals surface area contributed by atoms with Crippen molar-refractivity contribution in [3.05, 3.63) is 0 Å². The lowest BCUT2D eigenvalue weighted by Gasteiger charge is -2.29. The molecule has 1 saturated carbocycles. The van der Waals surface area contributed by atoms with Gasteiger partial charge in [-0.1, -0.05) is 12.8 Å². The van der Waals surface area contributed by atoms with Crippen molar-refractivity contribution in [1.29, 1.82) is 0 Å². The van der Waals surface area contributed by atoms with Crippen molar-refractivity contribution in [2.45, 2.75) is 31.7 Å². The van der Waals surface area contributed by atoms with Crippen molar-refractivity contribution in [3.63, 3.8) is 0 Å². The second-order valence-electron chi connectivity index (χ2n) is 5.55. The number of hydrogen-bond acceptors (Lipinski definition) is 8. The Hall–Kier alpha value is -1.67. The van der Waals surface area contributed by atoms with E-state index in [-0.39, 0.29) is 0 Å². The first kappa shape index (κ1) is 14.3. The van der Waals surface area contributed by atoms with Crippen LogP contribution in [-0.2, 0) is 4.74 Å². The van der Waals surface area contributed by atoms with Crippen LogP contribution in [0.1, 0.15) is 25.7 Å². The van der Waals surface area contributed by atoms with Crippen LogP contribution < -0.4 is 21.1 Å². The lowest BCUT2D eigenvalue weighted by Crippen LogP contribution is -2.38. The Balaban J connectivity index is 1.84. The molecule has 8 heteroatoms. The molecule has 2 fully saturated rings. The summed E-state index contributed by atoms with van der Waals surface area (Å²) in [4.78, 5) is 17.7. The third kappa shape index (κ3) is 3.16. The van der Waals surface area contributed by atoms with Gasteiger partial charge in [-0.05, 0) is 12.8 Å². The molecule has 116 valence electrons. The van der Waals surface area contributed by atoms with E-state index in [1.165, 1.54) is 25.7 Å². The summed E-state index contributed by atoms with van der Waals surface area (Å²) in [5.41, 5.74) is 2.55.